The van der Waals surface area contributed by atoms with Gasteiger partial charge in [-0.15, -0.1) is 0 Å². The van der Waals surface area contributed by atoms with Crippen molar-refractivity contribution in [2.24, 2.45) is 11.7 Å². The van der Waals surface area contributed by atoms with Crippen LogP contribution in [0.25, 0.3) is 0 Å². The molecule has 1 atom stereocenters. The van der Waals surface area contributed by atoms with Crippen LogP contribution in [0.4, 0.5) is 0 Å². The molecule has 0 radical (unpaired) electrons. The lowest BCUT2D eigenvalue weighted by atomic mass is 10.1. The van der Waals surface area contributed by atoms with Crippen molar-refractivity contribution in [1.82, 2.24) is 4.72 Å². The molecule has 1 fully saturated rings. The topological polar surface area (TPSA) is 106 Å². The molecule has 0 bridgehead atoms. The molecule has 0 aliphatic carbocycles. The standard InChI is InChI=1S/C12H17ClN2O4S2/c13-12-2-1-11(5-10(12)6-14)21(18,19)15-7-9-3-4-20(16,17)8-9/h1-2,5,9,15H,3-4,6-8,14H2. The Bertz CT molecular complexity index is 732. The number of hydrogen-bond acceptors (Lipinski definition) is 5. The summed E-state index contributed by atoms with van der Waals surface area (Å²) in [5, 5.41) is 0.415. The van der Waals surface area contributed by atoms with Crippen molar-refractivity contribution in [2.75, 3.05) is 18.1 Å². The number of nitrogens with two attached hydrogens (primary N) is 1. The van der Waals surface area contributed by atoms with Crippen molar-refractivity contribution in [3.8, 4) is 0 Å². The first-order valence-corrected chi connectivity index (χ1v) is 10.1. The van der Waals surface area contributed by atoms with Gasteiger partial charge >= 0.3 is 0 Å². The fraction of sp³-hybridized carbons (Fsp3) is 0.500. The summed E-state index contributed by atoms with van der Waals surface area (Å²) >= 11 is 5.90. The fourth-order valence-electron chi connectivity index (χ4n) is 2.22. The molecule has 1 aromatic rings. The average molecular weight is 353 g/mol. The third-order valence-corrected chi connectivity index (χ3v) is 7.06. The van der Waals surface area contributed by atoms with E-state index in [4.69, 9.17) is 17.3 Å². The minimum absolute atomic E-state index is 0.0319. The minimum Gasteiger partial charge on any atom is -0.326 e. The molecule has 21 heavy (non-hydrogen) atoms. The van der Waals surface area contributed by atoms with E-state index in [2.05, 4.69) is 4.72 Å². The molecule has 0 aromatic heterocycles. The lowest BCUT2D eigenvalue weighted by Crippen LogP contribution is -2.30. The molecule has 1 saturated heterocycles. The maximum Gasteiger partial charge on any atom is 0.240 e. The van der Waals surface area contributed by atoms with Gasteiger partial charge in [0.05, 0.1) is 16.4 Å². The molecule has 6 nitrogen and oxygen atoms in total. The molecular formula is C12H17ClN2O4S2. The van der Waals surface area contributed by atoms with Gasteiger partial charge in [0.15, 0.2) is 9.84 Å². The average Bonchev–Trinajstić information content (AvgIpc) is 2.76. The van der Waals surface area contributed by atoms with Gasteiger partial charge in [0.1, 0.15) is 0 Å². The third-order valence-electron chi connectivity index (χ3n) is 3.44. The summed E-state index contributed by atoms with van der Waals surface area (Å²) < 4.78 is 49.5. The van der Waals surface area contributed by atoms with Gasteiger partial charge < -0.3 is 5.73 Å². The number of rotatable bonds is 5. The lowest BCUT2D eigenvalue weighted by Gasteiger charge is -2.11. The predicted molar refractivity (Wildman–Crippen MR) is 81.3 cm³/mol. The van der Waals surface area contributed by atoms with Gasteiger partial charge in [-0.05, 0) is 36.1 Å². The minimum atomic E-state index is -3.69. The van der Waals surface area contributed by atoms with Gasteiger partial charge in [0.2, 0.25) is 10.0 Å². The van der Waals surface area contributed by atoms with Crippen molar-refractivity contribution >= 4 is 31.5 Å². The van der Waals surface area contributed by atoms with Gasteiger partial charge in [0.25, 0.3) is 0 Å². The highest BCUT2D eigenvalue weighted by Crippen LogP contribution is 2.21. The molecule has 1 heterocycles. The Hall–Kier alpha value is -0.670. The van der Waals surface area contributed by atoms with E-state index in [1.165, 1.54) is 18.2 Å². The SMILES string of the molecule is NCc1cc(S(=O)(=O)NCC2CCS(=O)(=O)C2)ccc1Cl. The van der Waals surface area contributed by atoms with E-state index in [1.54, 1.807) is 0 Å². The van der Waals surface area contributed by atoms with Crippen molar-refractivity contribution in [1.29, 1.82) is 0 Å². The first-order valence-electron chi connectivity index (χ1n) is 6.42. The summed E-state index contributed by atoms with van der Waals surface area (Å²) in [6.07, 6.45) is 0.486. The second kappa shape index (κ2) is 6.21. The summed E-state index contributed by atoms with van der Waals surface area (Å²) in [6, 6.07) is 4.31. The number of benzene rings is 1. The molecule has 1 aliphatic heterocycles. The van der Waals surface area contributed by atoms with E-state index >= 15 is 0 Å². The Morgan fingerprint density at radius 3 is 2.67 bits per heavy atom. The Morgan fingerprint density at radius 1 is 1.38 bits per heavy atom. The van der Waals surface area contributed by atoms with Gasteiger partial charge in [-0.3, -0.25) is 0 Å². The van der Waals surface area contributed by atoms with Crippen LogP contribution in [0.5, 0.6) is 0 Å². The highest BCUT2D eigenvalue weighted by molar-refractivity contribution is 7.91. The van der Waals surface area contributed by atoms with Crippen LogP contribution in [0, 0.1) is 5.92 Å². The number of hydrogen-bond donors (Lipinski definition) is 2. The van der Waals surface area contributed by atoms with Crippen molar-refractivity contribution in [3.63, 3.8) is 0 Å². The molecule has 1 unspecified atom stereocenters. The normalized spacial score (nSPS) is 21.5. The van der Waals surface area contributed by atoms with Crippen LogP contribution in [0.3, 0.4) is 0 Å². The van der Waals surface area contributed by atoms with Crippen molar-refractivity contribution < 1.29 is 16.8 Å². The molecule has 9 heteroatoms. The Labute approximate surface area is 129 Å². The van der Waals surface area contributed by atoms with E-state index in [0.29, 0.717) is 17.0 Å². The third kappa shape index (κ3) is 4.17. The molecular weight excluding hydrogens is 336 g/mol. The first-order chi connectivity index (χ1) is 9.73. The van der Waals surface area contributed by atoms with Crippen molar-refractivity contribution in [3.05, 3.63) is 28.8 Å². The van der Waals surface area contributed by atoms with Crippen LogP contribution in [0.15, 0.2) is 23.1 Å². The first kappa shape index (κ1) is 16.7. The van der Waals surface area contributed by atoms with E-state index in [9.17, 15) is 16.8 Å². The van der Waals surface area contributed by atoms with Crippen LogP contribution in [-0.4, -0.2) is 34.9 Å². The Kier molecular flexibility index (Phi) is 4.94. The molecule has 118 valence electrons. The molecule has 0 saturated carbocycles. The number of sulfonamides is 1. The molecule has 0 spiro atoms. The largest absolute Gasteiger partial charge is 0.326 e. The summed E-state index contributed by atoms with van der Waals surface area (Å²) in [4.78, 5) is 0.0770. The second-order valence-electron chi connectivity index (χ2n) is 5.08. The van der Waals surface area contributed by atoms with Gasteiger partial charge in [-0.25, -0.2) is 21.6 Å². The second-order valence-corrected chi connectivity index (χ2v) is 9.48. The lowest BCUT2D eigenvalue weighted by molar-refractivity contribution is 0.543. The zero-order valence-corrected chi connectivity index (χ0v) is 13.6. The number of sulfone groups is 1. The summed E-state index contributed by atoms with van der Waals surface area (Å²) in [5.74, 6) is -0.0203. The predicted octanol–water partition coefficient (Wildman–Crippen LogP) is 0.512. The van der Waals surface area contributed by atoms with E-state index in [0.717, 1.165) is 0 Å². The molecule has 0 amide bonds. The fourth-order valence-corrected chi connectivity index (χ4v) is 5.44. The Morgan fingerprint density at radius 2 is 2.10 bits per heavy atom. The summed E-state index contributed by atoms with van der Waals surface area (Å²) in [5.41, 5.74) is 6.04. The van der Waals surface area contributed by atoms with E-state index < -0.39 is 19.9 Å². The smallest absolute Gasteiger partial charge is 0.240 e. The highest BCUT2D eigenvalue weighted by Gasteiger charge is 2.29. The zero-order valence-electron chi connectivity index (χ0n) is 11.2. The van der Waals surface area contributed by atoms with Crippen LogP contribution in [-0.2, 0) is 26.4 Å². The van der Waals surface area contributed by atoms with Crippen molar-refractivity contribution in [2.45, 2.75) is 17.9 Å². The van der Waals surface area contributed by atoms with Crippen LogP contribution >= 0.6 is 11.6 Å². The van der Waals surface area contributed by atoms with Crippen LogP contribution < -0.4 is 10.5 Å². The van der Waals surface area contributed by atoms with Crippen LogP contribution in [0.1, 0.15) is 12.0 Å². The molecule has 1 aromatic carbocycles. The molecule has 3 N–H and O–H groups in total. The number of halogens is 1. The molecule has 1 aliphatic rings. The van der Waals surface area contributed by atoms with E-state index in [-0.39, 0.29) is 35.4 Å². The number of nitrogens with one attached hydrogen (secondary N) is 1. The van der Waals surface area contributed by atoms with Gasteiger partial charge in [-0.1, -0.05) is 11.6 Å². The quantitative estimate of drug-likeness (QED) is 0.803. The van der Waals surface area contributed by atoms with Gasteiger partial charge in [-0.2, -0.15) is 0 Å². The summed E-state index contributed by atoms with van der Waals surface area (Å²) in [6.45, 7) is 0.255. The van der Waals surface area contributed by atoms with E-state index in [1.807, 2.05) is 0 Å². The Balaban J connectivity index is 2.09. The van der Waals surface area contributed by atoms with Gasteiger partial charge in [0, 0.05) is 18.1 Å². The highest BCUT2D eigenvalue weighted by atomic mass is 35.5. The maximum absolute atomic E-state index is 12.2. The molecule has 2 rings (SSSR count). The zero-order chi connectivity index (χ0) is 15.7. The summed E-state index contributed by atoms with van der Waals surface area (Å²) in [7, 11) is -6.71. The van der Waals surface area contributed by atoms with Crippen LogP contribution in [0.2, 0.25) is 5.02 Å². The monoisotopic (exact) mass is 352 g/mol. The maximum atomic E-state index is 12.2.